The number of nitrogens with zero attached hydrogens (tertiary/aromatic N) is 2. The molecule has 0 spiro atoms. The number of rotatable bonds is 4. The number of aromatic nitrogens is 1. The van der Waals surface area contributed by atoms with E-state index in [0.717, 1.165) is 30.9 Å². The van der Waals surface area contributed by atoms with Crippen molar-refractivity contribution in [1.29, 1.82) is 0 Å². The molecule has 1 aliphatic rings. The van der Waals surface area contributed by atoms with E-state index in [9.17, 15) is 4.79 Å². The number of pyridine rings is 1. The molecule has 3 aromatic rings. The van der Waals surface area contributed by atoms with E-state index in [1.165, 1.54) is 11.1 Å². The van der Waals surface area contributed by atoms with Crippen molar-refractivity contribution in [1.82, 2.24) is 10.3 Å². The zero-order valence-electron chi connectivity index (χ0n) is 14.9. The van der Waals surface area contributed by atoms with Crippen molar-refractivity contribution in [3.05, 3.63) is 94.1 Å². The van der Waals surface area contributed by atoms with Crippen LogP contribution in [0.3, 0.4) is 0 Å². The normalized spacial score (nSPS) is 13.1. The Morgan fingerprint density at radius 1 is 1.04 bits per heavy atom. The van der Waals surface area contributed by atoms with Crippen LogP contribution in [0.5, 0.6) is 0 Å². The van der Waals surface area contributed by atoms with Crippen LogP contribution >= 0.6 is 11.6 Å². The van der Waals surface area contributed by atoms with Gasteiger partial charge < -0.3 is 10.2 Å². The maximum atomic E-state index is 12.2. The van der Waals surface area contributed by atoms with Gasteiger partial charge in [0.05, 0.1) is 10.6 Å². The van der Waals surface area contributed by atoms with Crippen LogP contribution in [0, 0.1) is 0 Å². The molecule has 0 radical (unpaired) electrons. The van der Waals surface area contributed by atoms with Crippen LogP contribution in [0.1, 0.15) is 27.0 Å². The number of nitrogens with one attached hydrogen (secondary N) is 1. The van der Waals surface area contributed by atoms with Crippen LogP contribution in [0.25, 0.3) is 0 Å². The Kier molecular flexibility index (Phi) is 5.07. The Hall–Kier alpha value is -2.85. The van der Waals surface area contributed by atoms with Crippen molar-refractivity contribution >= 4 is 23.3 Å². The predicted molar refractivity (Wildman–Crippen MR) is 108 cm³/mol. The lowest BCUT2D eigenvalue weighted by atomic mass is 10.00. The van der Waals surface area contributed by atoms with Crippen molar-refractivity contribution in [2.45, 2.75) is 19.5 Å². The Morgan fingerprint density at radius 3 is 2.59 bits per heavy atom. The molecule has 1 amide bonds. The highest BCUT2D eigenvalue weighted by molar-refractivity contribution is 6.33. The van der Waals surface area contributed by atoms with E-state index in [2.05, 4.69) is 39.5 Å². The molecule has 2 aromatic carbocycles. The van der Waals surface area contributed by atoms with Crippen LogP contribution in [0.2, 0.25) is 5.02 Å². The molecule has 0 aliphatic carbocycles. The van der Waals surface area contributed by atoms with Gasteiger partial charge in [-0.2, -0.15) is 0 Å². The second-order valence-corrected chi connectivity index (χ2v) is 7.03. The van der Waals surface area contributed by atoms with E-state index in [0.29, 0.717) is 17.1 Å². The first kappa shape index (κ1) is 17.6. The standard InChI is InChI=1S/C22H20ClN3O/c23-20-8-4-3-7-19(20)22(27)25-14-16-9-10-21(24-13-16)26-12-11-17-5-1-2-6-18(17)15-26/h1-10,13H,11-12,14-15H2,(H,25,27). The van der Waals surface area contributed by atoms with E-state index in [4.69, 9.17) is 11.6 Å². The summed E-state index contributed by atoms with van der Waals surface area (Å²) in [7, 11) is 0. The zero-order valence-corrected chi connectivity index (χ0v) is 15.6. The first-order valence-corrected chi connectivity index (χ1v) is 9.38. The summed E-state index contributed by atoms with van der Waals surface area (Å²) in [4.78, 5) is 19.1. The van der Waals surface area contributed by atoms with E-state index in [1.807, 2.05) is 18.3 Å². The lowest BCUT2D eigenvalue weighted by molar-refractivity contribution is 0.0951. The van der Waals surface area contributed by atoms with Crippen molar-refractivity contribution in [3.8, 4) is 0 Å². The number of benzene rings is 2. The van der Waals surface area contributed by atoms with Gasteiger partial charge in [-0.1, -0.05) is 54.1 Å². The van der Waals surface area contributed by atoms with Crippen molar-refractivity contribution < 1.29 is 4.79 Å². The Bertz CT molecular complexity index is 956. The summed E-state index contributed by atoms with van der Waals surface area (Å²) >= 11 is 6.06. The lowest BCUT2D eigenvalue weighted by Crippen LogP contribution is -2.31. The fourth-order valence-electron chi connectivity index (χ4n) is 3.32. The van der Waals surface area contributed by atoms with Gasteiger partial charge in [-0.05, 0) is 41.3 Å². The zero-order chi connectivity index (χ0) is 18.6. The highest BCUT2D eigenvalue weighted by atomic mass is 35.5. The maximum absolute atomic E-state index is 12.2. The van der Waals surface area contributed by atoms with Crippen molar-refractivity contribution in [2.75, 3.05) is 11.4 Å². The average molecular weight is 378 g/mol. The maximum Gasteiger partial charge on any atom is 0.253 e. The summed E-state index contributed by atoms with van der Waals surface area (Å²) in [6.45, 7) is 2.26. The van der Waals surface area contributed by atoms with E-state index in [-0.39, 0.29) is 5.91 Å². The molecule has 136 valence electrons. The Morgan fingerprint density at radius 2 is 1.81 bits per heavy atom. The molecule has 1 N–H and O–H groups in total. The molecule has 0 unspecified atom stereocenters. The molecule has 4 rings (SSSR count). The monoisotopic (exact) mass is 377 g/mol. The smallest absolute Gasteiger partial charge is 0.253 e. The van der Waals surface area contributed by atoms with Crippen LogP contribution < -0.4 is 10.2 Å². The molecule has 1 aromatic heterocycles. The number of carbonyl (C=O) groups excluding carboxylic acids is 1. The third-order valence-corrected chi connectivity index (χ3v) is 5.16. The number of anilines is 1. The van der Waals surface area contributed by atoms with Gasteiger partial charge in [0.1, 0.15) is 5.82 Å². The molecular weight excluding hydrogens is 358 g/mol. The minimum absolute atomic E-state index is 0.183. The fourth-order valence-corrected chi connectivity index (χ4v) is 3.54. The van der Waals surface area contributed by atoms with Gasteiger partial charge in [0, 0.05) is 25.8 Å². The molecule has 1 aliphatic heterocycles. The second kappa shape index (κ2) is 7.80. The molecule has 0 saturated carbocycles. The van der Waals surface area contributed by atoms with Crippen molar-refractivity contribution in [2.24, 2.45) is 0 Å². The van der Waals surface area contributed by atoms with Gasteiger partial charge in [-0.25, -0.2) is 4.98 Å². The molecule has 0 saturated heterocycles. The topological polar surface area (TPSA) is 45.2 Å². The molecular formula is C22H20ClN3O. The van der Waals surface area contributed by atoms with E-state index >= 15 is 0 Å². The summed E-state index contributed by atoms with van der Waals surface area (Å²) in [6.07, 6.45) is 2.86. The fraction of sp³-hybridized carbons (Fsp3) is 0.182. The highest BCUT2D eigenvalue weighted by Gasteiger charge is 2.17. The summed E-state index contributed by atoms with van der Waals surface area (Å²) < 4.78 is 0. The van der Waals surface area contributed by atoms with Crippen LogP contribution in [0.15, 0.2) is 66.9 Å². The minimum Gasteiger partial charge on any atom is -0.352 e. The molecule has 0 fully saturated rings. The van der Waals surface area contributed by atoms with Crippen LogP contribution in [0.4, 0.5) is 5.82 Å². The van der Waals surface area contributed by atoms with Gasteiger partial charge in [0.25, 0.3) is 5.91 Å². The number of hydrogen-bond acceptors (Lipinski definition) is 3. The summed E-state index contributed by atoms with van der Waals surface area (Å²) in [6, 6.07) is 19.6. The van der Waals surface area contributed by atoms with Gasteiger partial charge in [-0.3, -0.25) is 4.79 Å². The number of amides is 1. The minimum atomic E-state index is -0.183. The SMILES string of the molecule is O=C(NCc1ccc(N2CCc3ccccc3C2)nc1)c1ccccc1Cl. The summed E-state index contributed by atoms with van der Waals surface area (Å²) in [5.41, 5.74) is 4.22. The predicted octanol–water partition coefficient (Wildman–Crippen LogP) is 4.23. The summed E-state index contributed by atoms with van der Waals surface area (Å²) in [5, 5.41) is 3.34. The van der Waals surface area contributed by atoms with Crippen LogP contribution in [-0.2, 0) is 19.5 Å². The van der Waals surface area contributed by atoms with Crippen molar-refractivity contribution in [3.63, 3.8) is 0 Å². The first-order chi connectivity index (χ1) is 13.2. The lowest BCUT2D eigenvalue weighted by Gasteiger charge is -2.29. The van der Waals surface area contributed by atoms with Gasteiger partial charge in [0.2, 0.25) is 0 Å². The van der Waals surface area contributed by atoms with E-state index < -0.39 is 0 Å². The Labute approximate surface area is 163 Å². The summed E-state index contributed by atoms with van der Waals surface area (Å²) in [5.74, 6) is 0.781. The first-order valence-electron chi connectivity index (χ1n) is 9.00. The molecule has 2 heterocycles. The third kappa shape index (κ3) is 3.96. The number of carbonyl (C=O) groups is 1. The second-order valence-electron chi connectivity index (χ2n) is 6.63. The van der Waals surface area contributed by atoms with Crippen LogP contribution in [-0.4, -0.2) is 17.4 Å². The van der Waals surface area contributed by atoms with Gasteiger partial charge in [-0.15, -0.1) is 0 Å². The average Bonchev–Trinajstić information content (AvgIpc) is 2.72. The molecule has 5 heteroatoms. The Balaban J connectivity index is 1.38. The largest absolute Gasteiger partial charge is 0.352 e. The number of halogens is 1. The van der Waals surface area contributed by atoms with Gasteiger partial charge >= 0.3 is 0 Å². The quantitative estimate of drug-likeness (QED) is 0.740. The molecule has 27 heavy (non-hydrogen) atoms. The van der Waals surface area contributed by atoms with Gasteiger partial charge in [0.15, 0.2) is 0 Å². The highest BCUT2D eigenvalue weighted by Crippen LogP contribution is 2.23. The molecule has 0 atom stereocenters. The number of fused-ring (bicyclic) bond motifs is 1. The molecule has 0 bridgehead atoms. The number of hydrogen-bond donors (Lipinski definition) is 1. The van der Waals surface area contributed by atoms with E-state index in [1.54, 1.807) is 24.3 Å². The molecule has 4 nitrogen and oxygen atoms in total. The third-order valence-electron chi connectivity index (χ3n) is 4.84.